The second-order valence-corrected chi connectivity index (χ2v) is 8.72. The summed E-state index contributed by atoms with van der Waals surface area (Å²) in [6.45, 7) is 4.14. The van der Waals surface area contributed by atoms with Gasteiger partial charge in [0.25, 0.3) is 0 Å². The van der Waals surface area contributed by atoms with Crippen LogP contribution in [0, 0.1) is 19.8 Å². The molecule has 0 aliphatic carbocycles. The molecule has 8 heteroatoms. The van der Waals surface area contributed by atoms with E-state index in [0.717, 1.165) is 26.5 Å². The van der Waals surface area contributed by atoms with Crippen molar-refractivity contribution in [3.05, 3.63) is 45.9 Å². The van der Waals surface area contributed by atoms with Gasteiger partial charge in [-0.05, 0) is 43.7 Å². The summed E-state index contributed by atoms with van der Waals surface area (Å²) in [5.74, 6) is -0.252. The fraction of sp³-hybridized carbons (Fsp3) is 0.286. The quantitative estimate of drug-likeness (QED) is 0.659. The van der Waals surface area contributed by atoms with Gasteiger partial charge in [-0.1, -0.05) is 11.6 Å². The number of hydrogen-bond acceptors (Lipinski definition) is 5. The Morgan fingerprint density at radius 1 is 1.31 bits per heavy atom. The Balaban J connectivity index is 1.52. The monoisotopic (exact) mass is 429 g/mol. The second kappa shape index (κ2) is 7.65. The largest absolute Gasteiger partial charge is 0.495 e. The van der Waals surface area contributed by atoms with Crippen LogP contribution in [0.5, 0.6) is 5.75 Å². The van der Waals surface area contributed by atoms with Gasteiger partial charge in [0.2, 0.25) is 11.8 Å². The van der Waals surface area contributed by atoms with Gasteiger partial charge in [0.15, 0.2) is 0 Å². The lowest BCUT2D eigenvalue weighted by Crippen LogP contribution is -2.28. The summed E-state index contributed by atoms with van der Waals surface area (Å²) < 4.78 is 6.40. The zero-order valence-electron chi connectivity index (χ0n) is 16.3. The number of amides is 2. The topological polar surface area (TPSA) is 71.5 Å². The van der Waals surface area contributed by atoms with Crippen molar-refractivity contribution in [3.63, 3.8) is 0 Å². The highest BCUT2D eigenvalue weighted by atomic mass is 35.5. The fourth-order valence-electron chi connectivity index (χ4n) is 3.50. The predicted molar refractivity (Wildman–Crippen MR) is 116 cm³/mol. The molecule has 6 nitrogen and oxygen atoms in total. The first kappa shape index (κ1) is 19.7. The summed E-state index contributed by atoms with van der Waals surface area (Å²) in [4.78, 5) is 31.6. The van der Waals surface area contributed by atoms with Gasteiger partial charge in [-0.3, -0.25) is 9.59 Å². The van der Waals surface area contributed by atoms with Crippen LogP contribution in [-0.4, -0.2) is 30.5 Å². The van der Waals surface area contributed by atoms with Crippen molar-refractivity contribution in [1.82, 2.24) is 4.98 Å². The Kier molecular flexibility index (Phi) is 5.19. The lowest BCUT2D eigenvalue weighted by molar-refractivity contribution is -0.122. The number of fused-ring (bicyclic) bond motifs is 1. The molecule has 1 aliphatic rings. The third-order valence-electron chi connectivity index (χ3n) is 5.02. The van der Waals surface area contributed by atoms with Gasteiger partial charge in [-0.25, -0.2) is 4.98 Å². The van der Waals surface area contributed by atoms with E-state index in [4.69, 9.17) is 16.3 Å². The van der Waals surface area contributed by atoms with E-state index in [1.807, 2.05) is 32.0 Å². The Labute approximate surface area is 177 Å². The van der Waals surface area contributed by atoms with E-state index in [2.05, 4.69) is 10.3 Å². The molecule has 4 rings (SSSR count). The summed E-state index contributed by atoms with van der Waals surface area (Å²) in [5.41, 5.74) is 3.01. The lowest BCUT2D eigenvalue weighted by atomic mass is 10.1. The van der Waals surface area contributed by atoms with Crippen LogP contribution in [0.2, 0.25) is 5.02 Å². The Morgan fingerprint density at radius 2 is 2.10 bits per heavy atom. The van der Waals surface area contributed by atoms with Crippen LogP contribution in [0.25, 0.3) is 10.2 Å². The number of nitrogens with zero attached hydrogens (tertiary/aromatic N) is 2. The lowest BCUT2D eigenvalue weighted by Gasteiger charge is -2.17. The van der Waals surface area contributed by atoms with E-state index < -0.39 is 5.92 Å². The second-order valence-electron chi connectivity index (χ2n) is 7.08. The molecule has 0 bridgehead atoms. The van der Waals surface area contributed by atoms with Crippen molar-refractivity contribution < 1.29 is 14.3 Å². The number of halogens is 1. The zero-order chi connectivity index (χ0) is 20.7. The number of aromatic nitrogens is 1. The molecular weight excluding hydrogens is 410 g/mol. The maximum atomic E-state index is 12.8. The van der Waals surface area contributed by atoms with Gasteiger partial charge >= 0.3 is 0 Å². The molecule has 1 aromatic heterocycles. The Bertz CT molecular complexity index is 1130. The molecule has 1 aliphatic heterocycles. The van der Waals surface area contributed by atoms with E-state index in [0.29, 0.717) is 23.0 Å². The van der Waals surface area contributed by atoms with Crippen molar-refractivity contribution in [2.45, 2.75) is 20.3 Å². The average Bonchev–Trinajstić information content (AvgIpc) is 3.25. The average molecular weight is 430 g/mol. The van der Waals surface area contributed by atoms with E-state index in [9.17, 15) is 9.59 Å². The van der Waals surface area contributed by atoms with Crippen LogP contribution >= 0.6 is 22.9 Å². The SMILES string of the molecule is COc1cc(Cl)c(C)cc1NC(=O)C1CC(=O)N(c2ccc3sc(C)nc3c2)C1. The van der Waals surface area contributed by atoms with Crippen LogP contribution < -0.4 is 15.0 Å². The summed E-state index contributed by atoms with van der Waals surface area (Å²) in [6, 6.07) is 9.22. The minimum absolute atomic E-state index is 0.0734. The van der Waals surface area contributed by atoms with E-state index in [1.165, 1.54) is 7.11 Å². The normalized spacial score (nSPS) is 16.5. The molecule has 2 amide bonds. The predicted octanol–water partition coefficient (Wildman–Crippen LogP) is 4.57. The van der Waals surface area contributed by atoms with Crippen molar-refractivity contribution in [2.24, 2.45) is 5.92 Å². The first-order valence-corrected chi connectivity index (χ1v) is 10.4. The number of methoxy groups -OCH3 is 1. The van der Waals surface area contributed by atoms with Crippen molar-refractivity contribution in [2.75, 3.05) is 23.9 Å². The van der Waals surface area contributed by atoms with Crippen LogP contribution in [-0.2, 0) is 9.59 Å². The van der Waals surface area contributed by atoms with Gasteiger partial charge in [0.05, 0.1) is 33.9 Å². The third-order valence-corrected chi connectivity index (χ3v) is 6.38. The highest BCUT2D eigenvalue weighted by molar-refractivity contribution is 7.18. The first-order chi connectivity index (χ1) is 13.9. The molecule has 1 N–H and O–H groups in total. The summed E-state index contributed by atoms with van der Waals surface area (Å²) in [7, 11) is 1.52. The third kappa shape index (κ3) is 3.80. The summed E-state index contributed by atoms with van der Waals surface area (Å²) in [5, 5.41) is 4.43. The smallest absolute Gasteiger partial charge is 0.229 e. The van der Waals surface area contributed by atoms with Crippen molar-refractivity contribution in [3.8, 4) is 5.75 Å². The van der Waals surface area contributed by atoms with Gasteiger partial charge in [-0.2, -0.15) is 0 Å². The molecule has 0 saturated carbocycles. The number of anilines is 2. The molecule has 3 aromatic rings. The fourth-order valence-corrected chi connectivity index (χ4v) is 4.46. The standard InChI is InChI=1S/C21H20ClN3O3S/c1-11-6-16(18(28-3)9-15(11)22)24-21(27)13-7-20(26)25(10-13)14-4-5-19-17(8-14)23-12(2)29-19/h4-6,8-9,13H,7,10H2,1-3H3,(H,24,27). The minimum Gasteiger partial charge on any atom is -0.495 e. The van der Waals surface area contributed by atoms with Crippen LogP contribution in [0.3, 0.4) is 0 Å². The molecule has 2 aromatic carbocycles. The highest BCUT2D eigenvalue weighted by Crippen LogP contribution is 2.33. The number of thiazole rings is 1. The zero-order valence-corrected chi connectivity index (χ0v) is 17.9. The molecule has 150 valence electrons. The summed E-state index contributed by atoms with van der Waals surface area (Å²) in [6.07, 6.45) is 0.162. The van der Waals surface area contributed by atoms with E-state index in [1.54, 1.807) is 28.4 Å². The van der Waals surface area contributed by atoms with Crippen LogP contribution in [0.15, 0.2) is 30.3 Å². The first-order valence-electron chi connectivity index (χ1n) is 9.18. The molecular formula is C21H20ClN3O3S. The number of hydrogen-bond donors (Lipinski definition) is 1. The molecule has 1 atom stereocenters. The Hall–Kier alpha value is -2.64. The number of carbonyl (C=O) groups excluding carboxylic acids is 2. The molecule has 1 fully saturated rings. The van der Waals surface area contributed by atoms with Crippen LogP contribution in [0.1, 0.15) is 17.0 Å². The number of nitrogens with one attached hydrogen (secondary N) is 1. The minimum atomic E-state index is -0.448. The number of benzene rings is 2. The molecule has 1 saturated heterocycles. The highest BCUT2D eigenvalue weighted by Gasteiger charge is 2.35. The molecule has 29 heavy (non-hydrogen) atoms. The van der Waals surface area contributed by atoms with E-state index >= 15 is 0 Å². The Morgan fingerprint density at radius 3 is 2.86 bits per heavy atom. The van der Waals surface area contributed by atoms with Crippen molar-refractivity contribution >= 4 is 56.3 Å². The molecule has 0 spiro atoms. The number of aryl methyl sites for hydroxylation is 2. The van der Waals surface area contributed by atoms with Crippen LogP contribution in [0.4, 0.5) is 11.4 Å². The van der Waals surface area contributed by atoms with Gasteiger partial charge in [0.1, 0.15) is 5.75 Å². The summed E-state index contributed by atoms with van der Waals surface area (Å²) >= 11 is 7.75. The number of carbonyl (C=O) groups is 2. The van der Waals surface area contributed by atoms with Gasteiger partial charge < -0.3 is 15.0 Å². The maximum absolute atomic E-state index is 12.8. The van der Waals surface area contributed by atoms with E-state index in [-0.39, 0.29) is 18.2 Å². The molecule has 0 radical (unpaired) electrons. The maximum Gasteiger partial charge on any atom is 0.229 e. The van der Waals surface area contributed by atoms with Crippen molar-refractivity contribution in [1.29, 1.82) is 0 Å². The number of rotatable bonds is 4. The van der Waals surface area contributed by atoms with Gasteiger partial charge in [-0.15, -0.1) is 11.3 Å². The molecule has 1 unspecified atom stereocenters. The van der Waals surface area contributed by atoms with Gasteiger partial charge in [0, 0.05) is 29.7 Å². The molecule has 2 heterocycles. The number of ether oxygens (including phenoxy) is 1.